The van der Waals surface area contributed by atoms with E-state index in [1.807, 2.05) is 24.3 Å². The lowest BCUT2D eigenvalue weighted by molar-refractivity contribution is 0.281. The van der Waals surface area contributed by atoms with Crippen molar-refractivity contribution in [2.24, 2.45) is 5.73 Å². The summed E-state index contributed by atoms with van der Waals surface area (Å²) in [6, 6.07) is 7.28. The summed E-state index contributed by atoms with van der Waals surface area (Å²) in [5.74, 6) is 0.963. The van der Waals surface area contributed by atoms with Gasteiger partial charge in [0.2, 0.25) is 0 Å². The number of aliphatic hydroxyl groups excluding tert-OH is 1. The molecule has 0 fully saturated rings. The summed E-state index contributed by atoms with van der Waals surface area (Å²) in [4.78, 5) is 0. The lowest BCUT2D eigenvalue weighted by Crippen LogP contribution is -2.10. The largest absolute Gasteiger partial charge is 0.494 e. The Kier molecular flexibility index (Phi) is 4.63. The average Bonchev–Trinajstić information content (AvgIpc) is 2.25. The van der Waals surface area contributed by atoms with Crippen molar-refractivity contribution in [1.29, 1.82) is 5.41 Å². The fourth-order valence-corrected chi connectivity index (χ4v) is 1.14. The molecule has 1 aromatic carbocycles. The van der Waals surface area contributed by atoms with Crippen molar-refractivity contribution < 1.29 is 9.84 Å². The van der Waals surface area contributed by atoms with Crippen molar-refractivity contribution in [3.63, 3.8) is 0 Å². The summed E-state index contributed by atoms with van der Waals surface area (Å²) in [6.07, 6.45) is 1.31. The molecule has 1 rings (SSSR count). The van der Waals surface area contributed by atoms with E-state index in [-0.39, 0.29) is 12.4 Å². The highest BCUT2D eigenvalue weighted by molar-refractivity contribution is 5.76. The summed E-state index contributed by atoms with van der Waals surface area (Å²) < 4.78 is 5.42. The smallest absolute Gasteiger partial charge is 0.119 e. The first-order valence-electron chi connectivity index (χ1n) is 4.88. The predicted octanol–water partition coefficient (Wildman–Crippen LogP) is 1.27. The molecule has 0 aliphatic rings. The Morgan fingerprint density at radius 2 is 2.00 bits per heavy atom. The van der Waals surface area contributed by atoms with E-state index in [1.54, 1.807) is 0 Å². The molecular formula is C11H16N2O2. The number of hydrogen-bond acceptors (Lipinski definition) is 3. The first-order chi connectivity index (χ1) is 7.22. The minimum absolute atomic E-state index is 0.0462. The van der Waals surface area contributed by atoms with Crippen molar-refractivity contribution in [3.8, 4) is 5.75 Å². The highest BCUT2D eigenvalue weighted by Crippen LogP contribution is 2.12. The molecule has 0 saturated carbocycles. The van der Waals surface area contributed by atoms with E-state index in [1.165, 1.54) is 0 Å². The zero-order chi connectivity index (χ0) is 11.1. The van der Waals surface area contributed by atoms with Crippen LogP contribution in [0.2, 0.25) is 0 Å². The van der Waals surface area contributed by atoms with E-state index in [9.17, 15) is 0 Å². The Morgan fingerprint density at radius 1 is 1.33 bits per heavy atom. The van der Waals surface area contributed by atoms with Crippen molar-refractivity contribution in [2.75, 3.05) is 6.61 Å². The zero-order valence-electron chi connectivity index (χ0n) is 8.57. The first-order valence-corrected chi connectivity index (χ1v) is 4.88. The quantitative estimate of drug-likeness (QED) is 0.374. The van der Waals surface area contributed by atoms with Gasteiger partial charge in [0.05, 0.1) is 19.0 Å². The van der Waals surface area contributed by atoms with Gasteiger partial charge < -0.3 is 15.6 Å². The highest BCUT2D eigenvalue weighted by Gasteiger charge is 1.95. The maximum atomic E-state index is 8.83. The molecule has 0 saturated heterocycles. The number of hydrogen-bond donors (Lipinski definition) is 3. The highest BCUT2D eigenvalue weighted by atomic mass is 16.5. The number of aliphatic hydroxyl groups is 1. The van der Waals surface area contributed by atoms with Crippen molar-refractivity contribution in [3.05, 3.63) is 29.8 Å². The second kappa shape index (κ2) is 6.03. The summed E-state index contributed by atoms with van der Waals surface area (Å²) in [5.41, 5.74) is 6.08. The van der Waals surface area contributed by atoms with Gasteiger partial charge in [-0.2, -0.15) is 0 Å². The number of ether oxygens (including phenoxy) is 1. The second-order valence-electron chi connectivity index (χ2n) is 3.28. The van der Waals surface area contributed by atoms with Crippen molar-refractivity contribution in [1.82, 2.24) is 0 Å². The fourth-order valence-electron chi connectivity index (χ4n) is 1.14. The predicted molar refractivity (Wildman–Crippen MR) is 59.0 cm³/mol. The van der Waals surface area contributed by atoms with Gasteiger partial charge in [0.1, 0.15) is 5.75 Å². The van der Waals surface area contributed by atoms with Crippen LogP contribution in [-0.2, 0) is 6.61 Å². The molecule has 0 unspecified atom stereocenters. The van der Waals surface area contributed by atoms with Gasteiger partial charge >= 0.3 is 0 Å². The molecule has 0 heterocycles. The molecule has 0 aliphatic heterocycles. The van der Waals surface area contributed by atoms with Crippen LogP contribution in [0.25, 0.3) is 0 Å². The Morgan fingerprint density at radius 3 is 2.53 bits per heavy atom. The van der Waals surface area contributed by atoms with Gasteiger partial charge in [0.15, 0.2) is 0 Å². The molecule has 0 radical (unpaired) electrons. The molecule has 4 nitrogen and oxygen atoms in total. The van der Waals surface area contributed by atoms with Crippen molar-refractivity contribution >= 4 is 5.84 Å². The molecule has 0 aromatic heterocycles. The van der Waals surface area contributed by atoms with Crippen molar-refractivity contribution in [2.45, 2.75) is 19.4 Å². The van der Waals surface area contributed by atoms with Gasteiger partial charge in [-0.1, -0.05) is 12.1 Å². The molecule has 1 aromatic rings. The second-order valence-corrected chi connectivity index (χ2v) is 3.28. The van der Waals surface area contributed by atoms with Crippen LogP contribution >= 0.6 is 0 Å². The minimum atomic E-state index is 0.0462. The van der Waals surface area contributed by atoms with Crippen LogP contribution in [-0.4, -0.2) is 17.5 Å². The lowest BCUT2D eigenvalue weighted by atomic mass is 10.2. The topological polar surface area (TPSA) is 79.3 Å². The van der Waals surface area contributed by atoms with Gasteiger partial charge in [-0.25, -0.2) is 0 Å². The van der Waals surface area contributed by atoms with E-state index < -0.39 is 0 Å². The summed E-state index contributed by atoms with van der Waals surface area (Å²) in [6.45, 7) is 0.600. The Labute approximate surface area is 89.2 Å². The number of benzene rings is 1. The van der Waals surface area contributed by atoms with Gasteiger partial charge in [-0.15, -0.1) is 0 Å². The summed E-state index contributed by atoms with van der Waals surface area (Å²) in [5, 5.41) is 15.9. The molecule has 0 atom stereocenters. The van der Waals surface area contributed by atoms with E-state index in [0.717, 1.165) is 17.7 Å². The van der Waals surface area contributed by atoms with Crippen LogP contribution in [0.15, 0.2) is 24.3 Å². The molecule has 0 spiro atoms. The first kappa shape index (κ1) is 11.5. The average molecular weight is 208 g/mol. The van der Waals surface area contributed by atoms with E-state index in [2.05, 4.69) is 0 Å². The number of rotatable bonds is 6. The molecule has 82 valence electrons. The number of nitrogens with two attached hydrogens (primary N) is 1. The third kappa shape index (κ3) is 4.46. The normalized spacial score (nSPS) is 9.93. The van der Waals surface area contributed by atoms with E-state index in [0.29, 0.717) is 13.0 Å². The van der Waals surface area contributed by atoms with Gasteiger partial charge in [0, 0.05) is 6.42 Å². The number of amidine groups is 1. The maximum absolute atomic E-state index is 8.83. The molecule has 4 heteroatoms. The monoisotopic (exact) mass is 208 g/mol. The standard InChI is InChI=1S/C11H16N2O2/c12-11(13)2-1-7-15-10-5-3-9(8-14)4-6-10/h3-6,14H,1-2,7-8H2,(H3,12,13). The SMILES string of the molecule is N=C(N)CCCOc1ccc(CO)cc1. The van der Waals surface area contributed by atoms with Crippen LogP contribution in [0.1, 0.15) is 18.4 Å². The lowest BCUT2D eigenvalue weighted by Gasteiger charge is -2.05. The Balaban J connectivity index is 2.28. The van der Waals surface area contributed by atoms with Gasteiger partial charge in [-0.3, -0.25) is 5.41 Å². The molecule has 0 amide bonds. The molecule has 4 N–H and O–H groups in total. The van der Waals surface area contributed by atoms with Crippen LogP contribution < -0.4 is 10.5 Å². The van der Waals surface area contributed by atoms with Gasteiger partial charge in [0.25, 0.3) is 0 Å². The minimum Gasteiger partial charge on any atom is -0.494 e. The number of nitrogens with one attached hydrogen (secondary N) is 1. The van der Waals surface area contributed by atoms with Crippen LogP contribution in [0, 0.1) is 5.41 Å². The van der Waals surface area contributed by atoms with E-state index in [4.69, 9.17) is 21.0 Å². The van der Waals surface area contributed by atoms with E-state index >= 15 is 0 Å². The third-order valence-corrected chi connectivity index (χ3v) is 1.97. The summed E-state index contributed by atoms with van der Waals surface area (Å²) in [7, 11) is 0. The molecule has 0 bridgehead atoms. The van der Waals surface area contributed by atoms with Crippen LogP contribution in [0.3, 0.4) is 0 Å². The van der Waals surface area contributed by atoms with Crippen LogP contribution in [0.4, 0.5) is 0 Å². The molecule has 0 aliphatic carbocycles. The van der Waals surface area contributed by atoms with Gasteiger partial charge in [-0.05, 0) is 24.1 Å². The summed E-state index contributed by atoms with van der Waals surface area (Å²) >= 11 is 0. The fraction of sp³-hybridized carbons (Fsp3) is 0.364. The molecular weight excluding hydrogens is 192 g/mol. The van der Waals surface area contributed by atoms with Crippen LogP contribution in [0.5, 0.6) is 5.75 Å². The molecule has 15 heavy (non-hydrogen) atoms. The maximum Gasteiger partial charge on any atom is 0.119 e. The Bertz CT molecular complexity index is 309. The third-order valence-electron chi connectivity index (χ3n) is 1.97. The Hall–Kier alpha value is -1.55. The zero-order valence-corrected chi connectivity index (χ0v) is 8.57.